The lowest BCUT2D eigenvalue weighted by atomic mass is 9.52. The van der Waals surface area contributed by atoms with E-state index in [0.717, 1.165) is 31.4 Å². The van der Waals surface area contributed by atoms with Crippen LogP contribution in [-0.2, 0) is 20.4 Å². The molecule has 9 aliphatic rings. The number of carbonyl (C=O) groups is 1. The van der Waals surface area contributed by atoms with Gasteiger partial charge in [0.05, 0.1) is 12.6 Å². The van der Waals surface area contributed by atoms with Crippen molar-refractivity contribution in [1.29, 1.82) is 0 Å². The molecule has 0 radical (unpaired) electrons. The van der Waals surface area contributed by atoms with E-state index >= 15 is 0 Å². The smallest absolute Gasteiger partial charge is 0.224 e. The highest BCUT2D eigenvalue weighted by atomic mass is 16.5. The Labute approximate surface area is 274 Å². The lowest BCUT2D eigenvalue weighted by Crippen LogP contribution is -2.74. The van der Waals surface area contributed by atoms with Gasteiger partial charge in [-0.15, -0.1) is 0 Å². The number of anilines is 2. The Kier molecular flexibility index (Phi) is 5.49. The molecule has 11 rings (SSSR count). The minimum absolute atomic E-state index is 0.0000784. The Bertz CT molecular complexity index is 1630. The van der Waals surface area contributed by atoms with Crippen molar-refractivity contribution in [2.75, 3.05) is 42.6 Å². The molecule has 0 unspecified atom stereocenters. The second kappa shape index (κ2) is 9.18. The first-order valence-corrected chi connectivity index (χ1v) is 18.9. The molecule has 7 heterocycles. The molecule has 4 bridgehead atoms. The monoisotopic (exact) mass is 618 g/mol. The maximum absolute atomic E-state index is 14.0. The van der Waals surface area contributed by atoms with Crippen LogP contribution in [0.5, 0.6) is 0 Å². The fourth-order valence-corrected chi connectivity index (χ4v) is 14.7. The maximum Gasteiger partial charge on any atom is 0.224 e. The van der Waals surface area contributed by atoms with Gasteiger partial charge in [0.2, 0.25) is 5.91 Å². The third-order valence-corrected chi connectivity index (χ3v) is 16.1. The van der Waals surface area contributed by atoms with Crippen molar-refractivity contribution in [3.8, 4) is 0 Å². The molecule has 242 valence electrons. The molecule has 13 atom stereocenters. The molecule has 1 amide bonds. The largest absolute Gasteiger partial charge is 0.358 e. The molecule has 2 aromatic rings. The third-order valence-electron chi connectivity index (χ3n) is 16.1. The van der Waals surface area contributed by atoms with Crippen molar-refractivity contribution in [3.63, 3.8) is 0 Å². The number of benzene rings is 2. The molecule has 2 aliphatic carbocycles. The number of piperidine rings is 2. The Morgan fingerprint density at radius 3 is 2.04 bits per heavy atom. The van der Waals surface area contributed by atoms with E-state index in [4.69, 9.17) is 4.74 Å². The van der Waals surface area contributed by atoms with E-state index in [9.17, 15) is 4.79 Å². The normalized spacial score (nSPS) is 47.4. The zero-order valence-electron chi connectivity index (χ0n) is 27.9. The number of hydrogen-bond donors (Lipinski definition) is 0. The lowest BCUT2D eigenvalue weighted by molar-refractivity contribution is -0.153. The van der Waals surface area contributed by atoms with Gasteiger partial charge >= 0.3 is 0 Å². The van der Waals surface area contributed by atoms with E-state index in [2.05, 4.69) is 82.0 Å². The Morgan fingerprint density at radius 2 is 1.37 bits per heavy atom. The fraction of sp³-hybridized carbons (Fsp3) is 0.675. The van der Waals surface area contributed by atoms with Gasteiger partial charge in [0.25, 0.3) is 0 Å². The molecule has 2 aromatic carbocycles. The highest BCUT2D eigenvalue weighted by molar-refractivity contribution is 5.96. The fourth-order valence-electron chi connectivity index (χ4n) is 14.7. The first-order chi connectivity index (χ1) is 22.5. The predicted octanol–water partition coefficient (Wildman–Crippen LogP) is 5.64. The van der Waals surface area contributed by atoms with Crippen LogP contribution in [0.2, 0.25) is 0 Å². The molecular formula is C40H50N4O2. The van der Waals surface area contributed by atoms with Crippen LogP contribution in [0.25, 0.3) is 0 Å². The van der Waals surface area contributed by atoms with Crippen LogP contribution in [-0.4, -0.2) is 78.9 Å². The van der Waals surface area contributed by atoms with Gasteiger partial charge in [-0.05, 0) is 85.7 Å². The van der Waals surface area contributed by atoms with Crippen LogP contribution < -0.4 is 9.80 Å². The van der Waals surface area contributed by atoms with Gasteiger partial charge in [-0.25, -0.2) is 0 Å². The first kappa shape index (κ1) is 27.5. The summed E-state index contributed by atoms with van der Waals surface area (Å²) in [6.45, 7) is 12.4. The van der Waals surface area contributed by atoms with E-state index in [1.54, 1.807) is 5.56 Å². The number of amides is 1. The van der Waals surface area contributed by atoms with Gasteiger partial charge in [-0.1, -0.05) is 63.1 Å². The molecule has 2 spiro atoms. The summed E-state index contributed by atoms with van der Waals surface area (Å²) in [5.74, 6) is 3.77. The van der Waals surface area contributed by atoms with Crippen molar-refractivity contribution in [2.45, 2.75) is 101 Å². The minimum atomic E-state index is -0.0141. The molecule has 6 nitrogen and oxygen atoms in total. The predicted molar refractivity (Wildman–Crippen MR) is 180 cm³/mol. The number of ether oxygens (including phenoxy) is 1. The van der Waals surface area contributed by atoms with Gasteiger partial charge in [0, 0.05) is 72.2 Å². The Balaban J connectivity index is 1.12. The molecule has 46 heavy (non-hydrogen) atoms. The zero-order valence-corrected chi connectivity index (χ0v) is 27.9. The number of hydrogen-bond acceptors (Lipinski definition) is 5. The Hall–Kier alpha value is -2.41. The standard InChI is InChI=1S/C40H50N4O2/c1-4-24-20-41-16-14-39-30-11-7-9-13-32(30)44-36(39)28(26(24)18-33(39)41)22-46-38(44)35-27-19-34-40(15-17-42(34)21-25(27)5-2)29-10-6-8-12-31(29)43(23(3)45)37(35)40/h6-13,24-28,33-38H,4-5,14-22H2,1-3H3/t24-,25-,26+,27+,28-,33+,34+,35-,36+,37+,38-,39-,40-/m1/s1. The summed E-state index contributed by atoms with van der Waals surface area (Å²) < 4.78 is 7.54. The molecule has 6 heteroatoms. The van der Waals surface area contributed by atoms with Crippen molar-refractivity contribution >= 4 is 17.3 Å². The molecule has 7 aliphatic heterocycles. The number of rotatable bonds is 3. The molecule has 0 aromatic heterocycles. The molecule has 0 N–H and O–H groups in total. The number of para-hydroxylation sites is 2. The first-order valence-electron chi connectivity index (χ1n) is 18.9. The second-order valence-corrected chi connectivity index (χ2v) is 16.9. The number of carbonyl (C=O) groups excluding carboxylic acids is 1. The summed E-state index contributed by atoms with van der Waals surface area (Å²) in [6, 6.07) is 20.4. The Morgan fingerprint density at radius 1 is 0.783 bits per heavy atom. The van der Waals surface area contributed by atoms with Gasteiger partial charge in [-0.3, -0.25) is 14.6 Å². The average molecular weight is 619 g/mol. The molecule has 7 fully saturated rings. The van der Waals surface area contributed by atoms with Crippen LogP contribution >= 0.6 is 0 Å². The van der Waals surface area contributed by atoms with E-state index in [1.807, 2.05) is 6.92 Å². The topological polar surface area (TPSA) is 39.3 Å². The van der Waals surface area contributed by atoms with Crippen LogP contribution in [0.3, 0.4) is 0 Å². The summed E-state index contributed by atoms with van der Waals surface area (Å²) in [5, 5.41) is 0. The highest BCUT2D eigenvalue weighted by Gasteiger charge is 2.74. The van der Waals surface area contributed by atoms with Crippen LogP contribution in [0.15, 0.2) is 48.5 Å². The van der Waals surface area contributed by atoms with Crippen LogP contribution in [0.4, 0.5) is 11.4 Å². The van der Waals surface area contributed by atoms with Gasteiger partial charge < -0.3 is 14.5 Å². The van der Waals surface area contributed by atoms with Gasteiger partial charge in [0.15, 0.2) is 0 Å². The summed E-state index contributed by atoms with van der Waals surface area (Å²) in [6.07, 6.45) is 7.50. The van der Waals surface area contributed by atoms with Crippen molar-refractivity contribution < 1.29 is 9.53 Å². The van der Waals surface area contributed by atoms with Crippen LogP contribution in [0, 0.1) is 35.5 Å². The molecule has 2 saturated carbocycles. The lowest BCUT2D eigenvalue weighted by Gasteiger charge is -2.64. The van der Waals surface area contributed by atoms with Gasteiger partial charge in [0.1, 0.15) is 6.23 Å². The van der Waals surface area contributed by atoms with Gasteiger partial charge in [-0.2, -0.15) is 0 Å². The summed E-state index contributed by atoms with van der Waals surface area (Å²) in [4.78, 5) is 24.9. The number of fused-ring (bicyclic) bond motifs is 6. The van der Waals surface area contributed by atoms with E-state index in [0.29, 0.717) is 35.9 Å². The summed E-state index contributed by atoms with van der Waals surface area (Å²) in [7, 11) is 0. The zero-order chi connectivity index (χ0) is 30.7. The summed E-state index contributed by atoms with van der Waals surface area (Å²) >= 11 is 0. The van der Waals surface area contributed by atoms with E-state index < -0.39 is 0 Å². The average Bonchev–Trinajstić information content (AvgIpc) is 3.83. The van der Waals surface area contributed by atoms with Crippen LogP contribution in [0.1, 0.15) is 70.4 Å². The SMILES string of the molecule is CC[C@@H]1CN2CC[C@@]34c5ccccc5N5[C@@H]([C@@H]6[C@H]7C[C@@H]8N(CC[C@@]89c8ccccc8N(C(C)=O)[C@@H]69)C[C@H]7CC)OC[C@H]([C@H]1C[C@H]23)[C@H]54. The number of nitrogens with zero attached hydrogens (tertiary/aromatic N) is 4. The minimum Gasteiger partial charge on any atom is -0.358 e. The van der Waals surface area contributed by atoms with Crippen molar-refractivity contribution in [3.05, 3.63) is 59.7 Å². The highest BCUT2D eigenvalue weighted by Crippen LogP contribution is 2.69. The summed E-state index contributed by atoms with van der Waals surface area (Å²) in [5.41, 5.74) is 5.89. The molecular weight excluding hydrogens is 568 g/mol. The van der Waals surface area contributed by atoms with E-state index in [-0.39, 0.29) is 34.9 Å². The quantitative estimate of drug-likeness (QED) is 0.445. The van der Waals surface area contributed by atoms with Crippen molar-refractivity contribution in [2.24, 2.45) is 35.5 Å². The van der Waals surface area contributed by atoms with E-state index in [1.165, 1.54) is 68.7 Å². The third kappa shape index (κ3) is 2.94. The molecule has 5 saturated heterocycles. The maximum atomic E-state index is 14.0. The van der Waals surface area contributed by atoms with Crippen molar-refractivity contribution in [1.82, 2.24) is 9.80 Å². The second-order valence-electron chi connectivity index (χ2n) is 16.9.